The van der Waals surface area contributed by atoms with Crippen LogP contribution in [0.4, 0.5) is 5.95 Å². The number of anilines is 1. The summed E-state index contributed by atoms with van der Waals surface area (Å²) in [6, 6.07) is 6.29. The fourth-order valence-corrected chi connectivity index (χ4v) is 2.89. The minimum absolute atomic E-state index is 0.738. The van der Waals surface area contributed by atoms with Crippen LogP contribution in [0.5, 0.6) is 5.75 Å². The number of aromatic nitrogens is 3. The molecule has 22 heavy (non-hydrogen) atoms. The molecule has 0 bridgehead atoms. The Labute approximate surface area is 131 Å². The van der Waals surface area contributed by atoms with Crippen LogP contribution in [-0.4, -0.2) is 28.8 Å². The fourth-order valence-electron chi connectivity index (χ4n) is 2.89. The van der Waals surface area contributed by atoms with Crippen LogP contribution in [0.3, 0.4) is 0 Å². The third-order valence-electron chi connectivity index (χ3n) is 4.21. The molecular formula is C17H22N4O. The molecule has 0 fully saturated rings. The zero-order valence-corrected chi connectivity index (χ0v) is 13.5. The molecule has 1 aromatic carbocycles. The molecule has 3 rings (SSSR count). The Kier molecular flexibility index (Phi) is 4.22. The van der Waals surface area contributed by atoms with E-state index in [-0.39, 0.29) is 0 Å². The zero-order valence-electron chi connectivity index (χ0n) is 13.5. The first-order valence-corrected chi connectivity index (χ1v) is 7.88. The van der Waals surface area contributed by atoms with Crippen molar-refractivity contribution in [2.75, 3.05) is 18.6 Å². The summed E-state index contributed by atoms with van der Waals surface area (Å²) < 4.78 is 5.33. The molecule has 5 heteroatoms. The second-order valence-electron chi connectivity index (χ2n) is 5.52. The van der Waals surface area contributed by atoms with Crippen LogP contribution < -0.4 is 9.64 Å². The minimum atomic E-state index is 0.738. The highest BCUT2D eigenvalue weighted by Gasteiger charge is 2.20. The van der Waals surface area contributed by atoms with Crippen molar-refractivity contribution in [1.29, 1.82) is 0 Å². The Balaban J connectivity index is 1.87. The van der Waals surface area contributed by atoms with Crippen molar-refractivity contribution >= 4 is 5.95 Å². The van der Waals surface area contributed by atoms with E-state index in [0.29, 0.717) is 0 Å². The van der Waals surface area contributed by atoms with Crippen molar-refractivity contribution in [3.63, 3.8) is 0 Å². The van der Waals surface area contributed by atoms with Gasteiger partial charge in [0.2, 0.25) is 5.95 Å². The first-order chi connectivity index (χ1) is 10.7. The molecule has 0 amide bonds. The summed E-state index contributed by atoms with van der Waals surface area (Å²) in [6.07, 6.45) is 2.77. The molecule has 5 nitrogen and oxygen atoms in total. The highest BCUT2D eigenvalue weighted by molar-refractivity contribution is 5.43. The van der Waals surface area contributed by atoms with Gasteiger partial charge in [0, 0.05) is 13.1 Å². The summed E-state index contributed by atoms with van der Waals surface area (Å²) in [5, 5.41) is 8.68. The lowest BCUT2D eigenvalue weighted by atomic mass is 10.00. The minimum Gasteiger partial charge on any atom is -0.497 e. The maximum absolute atomic E-state index is 5.33. The second-order valence-corrected chi connectivity index (χ2v) is 5.52. The van der Waals surface area contributed by atoms with Gasteiger partial charge in [-0.3, -0.25) is 0 Å². The zero-order chi connectivity index (χ0) is 15.5. The molecular weight excluding hydrogens is 276 g/mol. The van der Waals surface area contributed by atoms with E-state index in [1.165, 1.54) is 11.1 Å². The monoisotopic (exact) mass is 298 g/mol. The lowest BCUT2D eigenvalue weighted by molar-refractivity contribution is 0.413. The van der Waals surface area contributed by atoms with Gasteiger partial charge >= 0.3 is 0 Å². The van der Waals surface area contributed by atoms with Gasteiger partial charge in [0.05, 0.1) is 18.5 Å². The van der Waals surface area contributed by atoms with Crippen LogP contribution in [0.2, 0.25) is 0 Å². The standard InChI is InChI=1S/C17H22N4O/c1-4-15-16(5-2)19-20-17(18-15)21-9-8-12-6-7-14(22-3)10-13(12)11-21/h6-7,10H,4-5,8-9,11H2,1-3H3. The van der Waals surface area contributed by atoms with Gasteiger partial charge < -0.3 is 9.64 Å². The smallest absolute Gasteiger partial charge is 0.245 e. The lowest BCUT2D eigenvalue weighted by Gasteiger charge is -2.29. The van der Waals surface area contributed by atoms with Crippen LogP contribution >= 0.6 is 0 Å². The molecule has 0 spiro atoms. The predicted octanol–water partition coefficient (Wildman–Crippen LogP) is 2.57. The first-order valence-electron chi connectivity index (χ1n) is 7.88. The van der Waals surface area contributed by atoms with E-state index in [9.17, 15) is 0 Å². The van der Waals surface area contributed by atoms with E-state index in [0.717, 1.165) is 55.4 Å². The Bertz CT molecular complexity index is 672. The SMILES string of the molecule is CCc1nnc(N2CCc3ccc(OC)cc3C2)nc1CC. The first kappa shape index (κ1) is 14.8. The van der Waals surface area contributed by atoms with Gasteiger partial charge in [0.25, 0.3) is 0 Å². The Morgan fingerprint density at radius 2 is 1.91 bits per heavy atom. The molecule has 0 unspecified atom stereocenters. The fraction of sp³-hybridized carbons (Fsp3) is 0.471. The van der Waals surface area contributed by atoms with Crippen LogP contribution in [0.1, 0.15) is 36.4 Å². The van der Waals surface area contributed by atoms with Crippen molar-refractivity contribution in [2.45, 2.75) is 39.7 Å². The molecule has 0 saturated carbocycles. The van der Waals surface area contributed by atoms with Crippen LogP contribution in [-0.2, 0) is 25.8 Å². The summed E-state index contributed by atoms with van der Waals surface area (Å²) in [4.78, 5) is 6.92. The topological polar surface area (TPSA) is 51.1 Å². The molecule has 2 aromatic rings. The second kappa shape index (κ2) is 6.30. The number of rotatable bonds is 4. The molecule has 116 valence electrons. The maximum Gasteiger partial charge on any atom is 0.245 e. The predicted molar refractivity (Wildman–Crippen MR) is 86.3 cm³/mol. The Hall–Kier alpha value is -2.17. The third-order valence-corrected chi connectivity index (χ3v) is 4.21. The van der Waals surface area contributed by atoms with Gasteiger partial charge in [0.1, 0.15) is 5.75 Å². The Morgan fingerprint density at radius 1 is 1.09 bits per heavy atom. The molecule has 0 aliphatic carbocycles. The Morgan fingerprint density at radius 3 is 2.64 bits per heavy atom. The molecule has 1 aromatic heterocycles. The van der Waals surface area contributed by atoms with Crippen LogP contribution in [0.25, 0.3) is 0 Å². The molecule has 0 radical (unpaired) electrons. The number of fused-ring (bicyclic) bond motifs is 1. The van der Waals surface area contributed by atoms with Gasteiger partial charge in [-0.1, -0.05) is 19.9 Å². The summed E-state index contributed by atoms with van der Waals surface area (Å²) >= 11 is 0. The highest BCUT2D eigenvalue weighted by Crippen LogP contribution is 2.25. The quantitative estimate of drug-likeness (QED) is 0.868. The van der Waals surface area contributed by atoms with Crippen LogP contribution in [0.15, 0.2) is 18.2 Å². The number of hydrogen-bond donors (Lipinski definition) is 0. The number of ether oxygens (including phenoxy) is 1. The van der Waals surface area contributed by atoms with E-state index in [2.05, 4.69) is 41.1 Å². The molecule has 2 heterocycles. The largest absolute Gasteiger partial charge is 0.497 e. The summed E-state index contributed by atoms with van der Waals surface area (Å²) in [7, 11) is 1.70. The van der Waals surface area contributed by atoms with Gasteiger partial charge in [-0.15, -0.1) is 5.10 Å². The molecule has 0 saturated heterocycles. The number of hydrogen-bond acceptors (Lipinski definition) is 5. The van der Waals surface area contributed by atoms with Gasteiger partial charge in [-0.2, -0.15) is 5.10 Å². The summed E-state index contributed by atoms with van der Waals surface area (Å²) in [5.41, 5.74) is 4.73. The van der Waals surface area contributed by atoms with Gasteiger partial charge in [0.15, 0.2) is 0 Å². The third kappa shape index (κ3) is 2.75. The van der Waals surface area contributed by atoms with Crippen molar-refractivity contribution < 1.29 is 4.74 Å². The summed E-state index contributed by atoms with van der Waals surface area (Å²) in [6.45, 7) is 5.94. The molecule has 0 N–H and O–H groups in total. The van der Waals surface area contributed by atoms with E-state index >= 15 is 0 Å². The van der Waals surface area contributed by atoms with E-state index < -0.39 is 0 Å². The van der Waals surface area contributed by atoms with E-state index in [4.69, 9.17) is 9.72 Å². The van der Waals surface area contributed by atoms with Gasteiger partial charge in [-0.25, -0.2) is 4.98 Å². The summed E-state index contributed by atoms with van der Waals surface area (Å²) in [5.74, 6) is 1.64. The molecule has 1 aliphatic heterocycles. The normalized spacial score (nSPS) is 13.9. The van der Waals surface area contributed by atoms with Gasteiger partial charge in [-0.05, 0) is 42.5 Å². The van der Waals surface area contributed by atoms with Crippen molar-refractivity contribution in [3.05, 3.63) is 40.7 Å². The average molecular weight is 298 g/mol. The lowest BCUT2D eigenvalue weighted by Crippen LogP contribution is -2.32. The number of nitrogens with zero attached hydrogens (tertiary/aromatic N) is 4. The number of methoxy groups -OCH3 is 1. The van der Waals surface area contributed by atoms with Crippen molar-refractivity contribution in [3.8, 4) is 5.75 Å². The van der Waals surface area contributed by atoms with Crippen LogP contribution in [0, 0.1) is 0 Å². The average Bonchev–Trinajstić information content (AvgIpc) is 2.60. The number of aryl methyl sites for hydroxylation is 2. The van der Waals surface area contributed by atoms with Crippen molar-refractivity contribution in [1.82, 2.24) is 15.2 Å². The molecule has 1 aliphatic rings. The molecule has 0 atom stereocenters. The maximum atomic E-state index is 5.33. The van der Waals surface area contributed by atoms with Crippen molar-refractivity contribution in [2.24, 2.45) is 0 Å². The number of benzene rings is 1. The highest BCUT2D eigenvalue weighted by atomic mass is 16.5. The van der Waals surface area contributed by atoms with E-state index in [1.54, 1.807) is 7.11 Å². The van der Waals surface area contributed by atoms with E-state index in [1.807, 2.05) is 6.07 Å².